The highest BCUT2D eigenvalue weighted by Gasteiger charge is 2.06. The summed E-state index contributed by atoms with van der Waals surface area (Å²) in [5.74, 6) is 0.813. The molecule has 2 nitrogen and oxygen atoms in total. The zero-order valence-corrected chi connectivity index (χ0v) is 9.31. The van der Waals surface area contributed by atoms with Crippen LogP contribution in [-0.2, 0) is 6.61 Å². The van der Waals surface area contributed by atoms with Crippen LogP contribution < -0.4 is 0 Å². The molecule has 0 unspecified atom stereocenters. The molecule has 0 saturated carbocycles. The normalized spacial score (nSPS) is 10.5. The molecule has 14 heavy (non-hydrogen) atoms. The summed E-state index contributed by atoms with van der Waals surface area (Å²) in [5.41, 5.74) is 0.848. The Morgan fingerprint density at radius 2 is 2.07 bits per heavy atom. The number of aliphatic hydroxyl groups is 2. The van der Waals surface area contributed by atoms with Crippen molar-refractivity contribution in [3.8, 4) is 0 Å². The van der Waals surface area contributed by atoms with E-state index in [0.29, 0.717) is 5.02 Å². The monoisotopic (exact) mass is 232 g/mol. The smallest absolute Gasteiger partial charge is 0.0693 e. The molecule has 1 rings (SSSR count). The van der Waals surface area contributed by atoms with E-state index < -0.39 is 0 Å². The lowest BCUT2D eigenvalue weighted by atomic mass is 10.2. The molecule has 0 aromatic heterocycles. The molecule has 0 spiro atoms. The molecule has 0 bridgehead atoms. The van der Waals surface area contributed by atoms with Gasteiger partial charge >= 0.3 is 0 Å². The lowest BCUT2D eigenvalue weighted by molar-refractivity contribution is 0.279. The summed E-state index contributed by atoms with van der Waals surface area (Å²) in [5, 5.41) is 18.4. The molecule has 0 atom stereocenters. The predicted molar refractivity (Wildman–Crippen MR) is 59.8 cm³/mol. The third-order valence-corrected chi connectivity index (χ3v) is 3.46. The molecule has 0 fully saturated rings. The van der Waals surface area contributed by atoms with Gasteiger partial charge < -0.3 is 10.2 Å². The number of hydrogen-bond donors (Lipinski definition) is 2. The van der Waals surface area contributed by atoms with Gasteiger partial charge in [-0.3, -0.25) is 0 Å². The van der Waals surface area contributed by atoms with Gasteiger partial charge in [-0.1, -0.05) is 23.7 Å². The Labute approximate surface area is 92.9 Å². The van der Waals surface area contributed by atoms with Crippen LogP contribution in [0.3, 0.4) is 0 Å². The number of halogens is 1. The Morgan fingerprint density at radius 1 is 1.29 bits per heavy atom. The van der Waals surface area contributed by atoms with Crippen LogP contribution in [0.2, 0.25) is 5.02 Å². The molecule has 0 aliphatic rings. The minimum Gasteiger partial charge on any atom is -0.396 e. The maximum Gasteiger partial charge on any atom is 0.0693 e. The van der Waals surface area contributed by atoms with Gasteiger partial charge in [0, 0.05) is 17.3 Å². The van der Waals surface area contributed by atoms with E-state index in [1.807, 2.05) is 18.2 Å². The fraction of sp³-hybridized carbons (Fsp3) is 0.400. The second-order valence-electron chi connectivity index (χ2n) is 2.81. The number of hydrogen-bond acceptors (Lipinski definition) is 3. The molecule has 0 heterocycles. The molecule has 2 N–H and O–H groups in total. The largest absolute Gasteiger partial charge is 0.396 e. The molecule has 4 heteroatoms. The first-order valence-corrected chi connectivity index (χ1v) is 5.78. The van der Waals surface area contributed by atoms with Crippen molar-refractivity contribution < 1.29 is 10.2 Å². The summed E-state index contributed by atoms with van der Waals surface area (Å²) in [6.07, 6.45) is 0.737. The molecular formula is C10H13ClO2S. The highest BCUT2D eigenvalue weighted by atomic mass is 35.5. The second-order valence-corrected chi connectivity index (χ2v) is 4.32. The van der Waals surface area contributed by atoms with Crippen LogP contribution in [0, 0.1) is 0 Å². The van der Waals surface area contributed by atoms with E-state index >= 15 is 0 Å². The van der Waals surface area contributed by atoms with Gasteiger partial charge in [0.25, 0.3) is 0 Å². The lowest BCUT2D eigenvalue weighted by Gasteiger charge is -2.08. The number of thioether (sulfide) groups is 1. The molecule has 1 aromatic rings. The Morgan fingerprint density at radius 3 is 2.71 bits per heavy atom. The Kier molecular flexibility index (Phi) is 5.33. The molecule has 1 aromatic carbocycles. The van der Waals surface area contributed by atoms with E-state index in [0.717, 1.165) is 22.6 Å². The van der Waals surface area contributed by atoms with Gasteiger partial charge in [0.1, 0.15) is 0 Å². The predicted octanol–water partition coefficient (Wildman–Crippen LogP) is 2.31. The molecule has 78 valence electrons. The minimum absolute atomic E-state index is 0.00200. The standard InChI is InChI=1S/C10H13ClO2S/c11-9-4-1-3-8(7-13)10(9)14-6-2-5-12/h1,3-4,12-13H,2,5-7H2. The van der Waals surface area contributed by atoms with Crippen molar-refractivity contribution in [1.82, 2.24) is 0 Å². The molecule has 0 aliphatic heterocycles. The lowest BCUT2D eigenvalue weighted by Crippen LogP contribution is -1.91. The average molecular weight is 233 g/mol. The highest BCUT2D eigenvalue weighted by Crippen LogP contribution is 2.31. The van der Waals surface area contributed by atoms with Gasteiger partial charge in [-0.25, -0.2) is 0 Å². The summed E-state index contributed by atoms with van der Waals surface area (Å²) in [7, 11) is 0. The second kappa shape index (κ2) is 6.30. The molecule has 0 aliphatic carbocycles. The first-order chi connectivity index (χ1) is 6.79. The highest BCUT2D eigenvalue weighted by molar-refractivity contribution is 7.99. The van der Waals surface area contributed by atoms with Crippen LogP contribution in [0.5, 0.6) is 0 Å². The van der Waals surface area contributed by atoms with Gasteiger partial charge in [0.2, 0.25) is 0 Å². The Bertz CT molecular complexity index is 291. The van der Waals surface area contributed by atoms with E-state index in [-0.39, 0.29) is 13.2 Å². The van der Waals surface area contributed by atoms with Crippen molar-refractivity contribution in [2.24, 2.45) is 0 Å². The van der Waals surface area contributed by atoms with Crippen molar-refractivity contribution in [2.75, 3.05) is 12.4 Å². The maximum atomic E-state index is 9.08. The van der Waals surface area contributed by atoms with Crippen molar-refractivity contribution >= 4 is 23.4 Å². The van der Waals surface area contributed by atoms with Crippen molar-refractivity contribution in [3.63, 3.8) is 0 Å². The van der Waals surface area contributed by atoms with Crippen LogP contribution in [-0.4, -0.2) is 22.6 Å². The maximum absolute atomic E-state index is 9.08. The quantitative estimate of drug-likeness (QED) is 0.605. The summed E-state index contributed by atoms with van der Waals surface area (Å²) in [6, 6.07) is 5.49. The van der Waals surface area contributed by atoms with E-state index in [1.54, 1.807) is 11.8 Å². The van der Waals surface area contributed by atoms with Crippen LogP contribution in [0.15, 0.2) is 23.1 Å². The SMILES string of the molecule is OCCCSc1c(Cl)cccc1CO. The van der Waals surface area contributed by atoms with E-state index in [1.165, 1.54) is 0 Å². The number of aliphatic hydroxyl groups excluding tert-OH is 2. The fourth-order valence-corrected chi connectivity index (χ4v) is 2.44. The minimum atomic E-state index is 0.00200. The summed E-state index contributed by atoms with van der Waals surface area (Å²) in [4.78, 5) is 0.921. The average Bonchev–Trinajstić information content (AvgIpc) is 2.20. The molecule has 0 amide bonds. The summed E-state index contributed by atoms with van der Waals surface area (Å²) < 4.78 is 0. The summed E-state index contributed by atoms with van der Waals surface area (Å²) in [6.45, 7) is 0.188. The van der Waals surface area contributed by atoms with Gasteiger partial charge in [-0.05, 0) is 18.1 Å². The van der Waals surface area contributed by atoms with Crippen LogP contribution in [0.1, 0.15) is 12.0 Å². The van der Waals surface area contributed by atoms with Crippen molar-refractivity contribution in [1.29, 1.82) is 0 Å². The fourth-order valence-electron chi connectivity index (χ4n) is 1.08. The van der Waals surface area contributed by atoms with Gasteiger partial charge in [0.05, 0.1) is 11.6 Å². The van der Waals surface area contributed by atoms with Crippen molar-refractivity contribution in [2.45, 2.75) is 17.9 Å². The Hall–Kier alpha value is -0.220. The van der Waals surface area contributed by atoms with E-state index in [2.05, 4.69) is 0 Å². The van der Waals surface area contributed by atoms with Crippen LogP contribution in [0.25, 0.3) is 0 Å². The van der Waals surface area contributed by atoms with Gasteiger partial charge in [-0.15, -0.1) is 11.8 Å². The zero-order chi connectivity index (χ0) is 10.4. The summed E-state index contributed by atoms with van der Waals surface area (Å²) >= 11 is 7.56. The van der Waals surface area contributed by atoms with Crippen LogP contribution >= 0.6 is 23.4 Å². The zero-order valence-electron chi connectivity index (χ0n) is 7.74. The van der Waals surface area contributed by atoms with Crippen LogP contribution in [0.4, 0.5) is 0 Å². The molecule has 0 radical (unpaired) electrons. The van der Waals surface area contributed by atoms with Gasteiger partial charge in [0.15, 0.2) is 0 Å². The third kappa shape index (κ3) is 3.17. The molecular weight excluding hydrogens is 220 g/mol. The molecule has 0 saturated heterocycles. The van der Waals surface area contributed by atoms with Crippen molar-refractivity contribution in [3.05, 3.63) is 28.8 Å². The number of benzene rings is 1. The van der Waals surface area contributed by atoms with E-state index in [4.69, 9.17) is 21.8 Å². The van der Waals surface area contributed by atoms with E-state index in [9.17, 15) is 0 Å². The first kappa shape index (κ1) is 11.9. The first-order valence-electron chi connectivity index (χ1n) is 4.41. The number of rotatable bonds is 5. The topological polar surface area (TPSA) is 40.5 Å². The third-order valence-electron chi connectivity index (χ3n) is 1.77. The van der Waals surface area contributed by atoms with Gasteiger partial charge in [-0.2, -0.15) is 0 Å². The Balaban J connectivity index is 2.72.